The number of aromatic hydroxyl groups is 2. The molecule has 2 aromatic carbocycles. The molecule has 90 valence electrons. The number of oxazole rings is 1. The summed E-state index contributed by atoms with van der Waals surface area (Å²) >= 11 is 0. The number of hydrogen-bond donors (Lipinski definition) is 2. The first kappa shape index (κ1) is 10.6. The minimum Gasteiger partial charge on any atom is -0.508 e. The number of rotatable bonds is 1. The third-order valence-corrected chi connectivity index (χ3v) is 2.57. The largest absolute Gasteiger partial charge is 0.508 e. The van der Waals surface area contributed by atoms with Crippen molar-refractivity contribution in [2.24, 2.45) is 0 Å². The molecule has 0 atom stereocenters. The smallest absolute Gasteiger partial charge is 0.227 e. The fraction of sp³-hybridized carbons (Fsp3) is 0. The lowest BCUT2D eigenvalue weighted by atomic mass is 10.2. The zero-order valence-electron chi connectivity index (χ0n) is 9.09. The summed E-state index contributed by atoms with van der Waals surface area (Å²) in [7, 11) is 0. The molecular formula is C13H8FNO3. The average Bonchev–Trinajstić information content (AvgIpc) is 2.75. The van der Waals surface area contributed by atoms with Gasteiger partial charge in [0.15, 0.2) is 17.1 Å². The highest BCUT2D eigenvalue weighted by atomic mass is 19.1. The molecule has 18 heavy (non-hydrogen) atoms. The van der Waals surface area contributed by atoms with Crippen LogP contribution in [0.15, 0.2) is 40.8 Å². The molecule has 0 bridgehead atoms. The van der Waals surface area contributed by atoms with Gasteiger partial charge in [0, 0.05) is 11.6 Å². The van der Waals surface area contributed by atoms with E-state index in [0.29, 0.717) is 16.7 Å². The lowest BCUT2D eigenvalue weighted by Gasteiger charge is -1.97. The number of benzene rings is 2. The van der Waals surface area contributed by atoms with Gasteiger partial charge in [-0.2, -0.15) is 0 Å². The van der Waals surface area contributed by atoms with Gasteiger partial charge in [0.25, 0.3) is 0 Å². The Morgan fingerprint density at radius 1 is 1.06 bits per heavy atom. The molecule has 1 heterocycles. The van der Waals surface area contributed by atoms with Crippen LogP contribution < -0.4 is 0 Å². The van der Waals surface area contributed by atoms with Crippen molar-refractivity contribution in [1.82, 2.24) is 4.98 Å². The second-order valence-corrected chi connectivity index (χ2v) is 3.84. The molecule has 3 aromatic rings. The first-order valence-corrected chi connectivity index (χ1v) is 5.22. The molecule has 0 aliphatic rings. The standard InChI is InChI=1S/C13H8FNO3/c14-9-5-7(1-3-11(9)17)13-15-10-6-8(16)2-4-12(10)18-13/h1-6,16-17H. The van der Waals surface area contributed by atoms with E-state index < -0.39 is 11.6 Å². The molecule has 2 N–H and O–H groups in total. The molecule has 0 amide bonds. The van der Waals surface area contributed by atoms with Gasteiger partial charge < -0.3 is 14.6 Å². The van der Waals surface area contributed by atoms with Crippen molar-refractivity contribution in [3.63, 3.8) is 0 Å². The maximum atomic E-state index is 13.2. The molecule has 4 nitrogen and oxygen atoms in total. The maximum absolute atomic E-state index is 13.2. The predicted molar refractivity (Wildman–Crippen MR) is 62.7 cm³/mol. The molecular weight excluding hydrogens is 237 g/mol. The third-order valence-electron chi connectivity index (χ3n) is 2.57. The van der Waals surface area contributed by atoms with Crippen molar-refractivity contribution in [2.45, 2.75) is 0 Å². The number of fused-ring (bicyclic) bond motifs is 1. The van der Waals surface area contributed by atoms with Crippen LogP contribution in [0.4, 0.5) is 4.39 Å². The topological polar surface area (TPSA) is 66.5 Å². The molecule has 0 aliphatic carbocycles. The normalized spacial score (nSPS) is 10.9. The summed E-state index contributed by atoms with van der Waals surface area (Å²) in [5.74, 6) is -0.848. The van der Waals surface area contributed by atoms with Crippen molar-refractivity contribution in [3.05, 3.63) is 42.2 Å². The third kappa shape index (κ3) is 1.66. The van der Waals surface area contributed by atoms with Gasteiger partial charge in [-0.05, 0) is 30.3 Å². The van der Waals surface area contributed by atoms with E-state index in [2.05, 4.69) is 4.98 Å². The molecule has 0 radical (unpaired) electrons. The number of phenols is 2. The Kier molecular flexibility index (Phi) is 2.19. The summed E-state index contributed by atoms with van der Waals surface area (Å²) in [6.07, 6.45) is 0. The van der Waals surface area contributed by atoms with Crippen molar-refractivity contribution in [3.8, 4) is 23.0 Å². The maximum Gasteiger partial charge on any atom is 0.227 e. The summed E-state index contributed by atoms with van der Waals surface area (Å²) in [5, 5.41) is 18.4. The molecule has 0 spiro atoms. The second-order valence-electron chi connectivity index (χ2n) is 3.84. The van der Waals surface area contributed by atoms with E-state index in [1.54, 1.807) is 6.07 Å². The van der Waals surface area contributed by atoms with Crippen molar-refractivity contribution in [1.29, 1.82) is 0 Å². The molecule has 5 heteroatoms. The zero-order valence-corrected chi connectivity index (χ0v) is 9.09. The summed E-state index contributed by atoms with van der Waals surface area (Å²) in [6.45, 7) is 0. The molecule has 0 saturated heterocycles. The fourth-order valence-electron chi connectivity index (χ4n) is 1.68. The van der Waals surface area contributed by atoms with Gasteiger partial charge in [-0.25, -0.2) is 9.37 Å². The predicted octanol–water partition coefficient (Wildman–Crippen LogP) is 3.05. The quantitative estimate of drug-likeness (QED) is 0.691. The van der Waals surface area contributed by atoms with Crippen LogP contribution in [0.25, 0.3) is 22.6 Å². The van der Waals surface area contributed by atoms with Crippen LogP contribution in [0.3, 0.4) is 0 Å². The van der Waals surface area contributed by atoms with E-state index in [1.807, 2.05) is 0 Å². The summed E-state index contributed by atoms with van der Waals surface area (Å²) < 4.78 is 18.7. The lowest BCUT2D eigenvalue weighted by Crippen LogP contribution is -1.80. The Balaban J connectivity index is 2.16. The number of aromatic nitrogens is 1. The van der Waals surface area contributed by atoms with Gasteiger partial charge in [0.2, 0.25) is 5.89 Å². The van der Waals surface area contributed by atoms with Crippen LogP contribution in [0.1, 0.15) is 0 Å². The van der Waals surface area contributed by atoms with Gasteiger partial charge >= 0.3 is 0 Å². The molecule has 0 saturated carbocycles. The van der Waals surface area contributed by atoms with E-state index >= 15 is 0 Å². The Bertz CT molecular complexity index is 736. The van der Waals surface area contributed by atoms with E-state index in [4.69, 9.17) is 9.52 Å². The number of halogens is 1. The molecule has 1 aromatic heterocycles. The van der Waals surface area contributed by atoms with E-state index in [0.717, 1.165) is 6.07 Å². The first-order valence-electron chi connectivity index (χ1n) is 5.22. The van der Waals surface area contributed by atoms with Crippen LogP contribution in [0, 0.1) is 5.82 Å². The Morgan fingerprint density at radius 2 is 1.89 bits per heavy atom. The van der Waals surface area contributed by atoms with Gasteiger partial charge in [-0.15, -0.1) is 0 Å². The first-order chi connectivity index (χ1) is 8.63. The van der Waals surface area contributed by atoms with E-state index in [-0.39, 0.29) is 11.6 Å². The molecule has 0 fully saturated rings. The van der Waals surface area contributed by atoms with E-state index in [9.17, 15) is 9.50 Å². The minimum absolute atomic E-state index is 0.0826. The molecule has 3 rings (SSSR count). The van der Waals surface area contributed by atoms with Crippen LogP contribution in [-0.4, -0.2) is 15.2 Å². The Hall–Kier alpha value is -2.56. The Labute approximate surface area is 101 Å². The summed E-state index contributed by atoms with van der Waals surface area (Å²) in [4.78, 5) is 4.14. The highest BCUT2D eigenvalue weighted by Gasteiger charge is 2.11. The number of hydrogen-bond acceptors (Lipinski definition) is 4. The van der Waals surface area contributed by atoms with Crippen molar-refractivity contribution < 1.29 is 19.0 Å². The zero-order chi connectivity index (χ0) is 12.7. The van der Waals surface area contributed by atoms with Gasteiger partial charge in [-0.1, -0.05) is 0 Å². The van der Waals surface area contributed by atoms with Crippen LogP contribution in [0.2, 0.25) is 0 Å². The van der Waals surface area contributed by atoms with Gasteiger partial charge in [0.1, 0.15) is 11.3 Å². The highest BCUT2D eigenvalue weighted by molar-refractivity contribution is 5.77. The van der Waals surface area contributed by atoms with Crippen molar-refractivity contribution >= 4 is 11.1 Å². The highest BCUT2D eigenvalue weighted by Crippen LogP contribution is 2.28. The second kappa shape index (κ2) is 3.73. The van der Waals surface area contributed by atoms with Gasteiger partial charge in [0.05, 0.1) is 0 Å². The van der Waals surface area contributed by atoms with Crippen molar-refractivity contribution in [2.75, 3.05) is 0 Å². The molecule has 0 unspecified atom stereocenters. The van der Waals surface area contributed by atoms with E-state index in [1.165, 1.54) is 24.3 Å². The van der Waals surface area contributed by atoms with Crippen LogP contribution in [-0.2, 0) is 0 Å². The molecule has 0 aliphatic heterocycles. The SMILES string of the molecule is Oc1ccc2oc(-c3ccc(O)c(F)c3)nc2c1. The lowest BCUT2D eigenvalue weighted by molar-refractivity contribution is 0.432. The Morgan fingerprint density at radius 3 is 2.67 bits per heavy atom. The number of phenolic OH excluding ortho intramolecular Hbond substituents is 2. The summed E-state index contributed by atoms with van der Waals surface area (Å²) in [6, 6.07) is 8.39. The van der Waals surface area contributed by atoms with Gasteiger partial charge in [-0.3, -0.25) is 0 Å². The number of nitrogens with zero attached hydrogens (tertiary/aromatic N) is 1. The van der Waals surface area contributed by atoms with Crippen LogP contribution in [0.5, 0.6) is 11.5 Å². The fourth-order valence-corrected chi connectivity index (χ4v) is 1.68. The monoisotopic (exact) mass is 245 g/mol. The van der Waals surface area contributed by atoms with Crippen LogP contribution >= 0.6 is 0 Å². The minimum atomic E-state index is -0.738. The summed E-state index contributed by atoms with van der Waals surface area (Å²) in [5.41, 5.74) is 1.40. The average molecular weight is 245 g/mol.